The summed E-state index contributed by atoms with van der Waals surface area (Å²) in [6.07, 6.45) is 4.40. The van der Waals surface area contributed by atoms with Crippen LogP contribution >= 0.6 is 11.3 Å². The minimum atomic E-state index is -0.960. The van der Waals surface area contributed by atoms with Gasteiger partial charge in [-0.1, -0.05) is 12.2 Å². The van der Waals surface area contributed by atoms with Gasteiger partial charge in [0.05, 0.1) is 17.4 Å². The molecule has 0 radical (unpaired) electrons. The van der Waals surface area contributed by atoms with Gasteiger partial charge in [0.25, 0.3) is 0 Å². The first kappa shape index (κ1) is 15.3. The molecule has 0 unspecified atom stereocenters. The fraction of sp³-hybridized carbons (Fsp3) is 0.400. The topological polar surface area (TPSA) is 90.2 Å². The summed E-state index contributed by atoms with van der Waals surface area (Å²) >= 11 is 1.35. The summed E-state index contributed by atoms with van der Waals surface area (Å²) in [6, 6.07) is 2.09. The van der Waals surface area contributed by atoms with Crippen LogP contribution in [0.1, 0.15) is 28.8 Å². The van der Waals surface area contributed by atoms with Crippen molar-refractivity contribution in [2.24, 2.45) is 11.8 Å². The normalized spacial score (nSPS) is 20.8. The van der Waals surface area contributed by atoms with Gasteiger partial charge in [-0.15, -0.1) is 11.3 Å². The lowest BCUT2D eigenvalue weighted by Gasteiger charge is -2.23. The molecule has 1 aliphatic rings. The number of carboxylic acids is 1. The Balaban J connectivity index is 2.22. The van der Waals surface area contributed by atoms with Crippen LogP contribution in [0.4, 0.5) is 5.00 Å². The highest BCUT2D eigenvalue weighted by Gasteiger charge is 2.34. The third-order valence-electron chi connectivity index (χ3n) is 3.82. The van der Waals surface area contributed by atoms with E-state index in [0.717, 1.165) is 10.4 Å². The molecular formula is C15H16N2O3S. The summed E-state index contributed by atoms with van der Waals surface area (Å²) in [5.41, 5.74) is 1.32. The van der Waals surface area contributed by atoms with Crippen molar-refractivity contribution in [3.05, 3.63) is 28.2 Å². The lowest BCUT2D eigenvalue weighted by atomic mass is 9.82. The maximum atomic E-state index is 12.4. The highest BCUT2D eigenvalue weighted by molar-refractivity contribution is 7.16. The monoisotopic (exact) mass is 304 g/mol. The Morgan fingerprint density at radius 2 is 1.95 bits per heavy atom. The number of thiophene rings is 1. The van der Waals surface area contributed by atoms with Crippen LogP contribution < -0.4 is 5.32 Å². The fourth-order valence-electron chi connectivity index (χ4n) is 2.43. The number of nitrogens with one attached hydrogen (secondary N) is 1. The minimum absolute atomic E-state index is 0.329. The minimum Gasteiger partial charge on any atom is -0.481 e. The Hall–Kier alpha value is -2.13. The summed E-state index contributed by atoms with van der Waals surface area (Å²) < 4.78 is 0. The van der Waals surface area contributed by atoms with E-state index in [9.17, 15) is 20.0 Å². The molecule has 21 heavy (non-hydrogen) atoms. The molecule has 2 N–H and O–H groups in total. The van der Waals surface area contributed by atoms with Crippen LogP contribution in [0.2, 0.25) is 0 Å². The molecule has 6 heteroatoms. The molecule has 0 saturated carbocycles. The molecule has 110 valence electrons. The molecule has 1 heterocycles. The van der Waals surface area contributed by atoms with Crippen molar-refractivity contribution >= 4 is 28.2 Å². The Labute approximate surface area is 126 Å². The molecule has 5 nitrogen and oxygen atoms in total. The Kier molecular flexibility index (Phi) is 4.43. The zero-order valence-electron chi connectivity index (χ0n) is 11.8. The number of hydrogen-bond donors (Lipinski definition) is 2. The molecule has 2 atom stereocenters. The van der Waals surface area contributed by atoms with Gasteiger partial charge in [0.2, 0.25) is 5.91 Å². The van der Waals surface area contributed by atoms with E-state index in [4.69, 9.17) is 0 Å². The molecule has 1 aliphatic carbocycles. The molecule has 2 rings (SSSR count). The molecule has 1 aromatic heterocycles. The SMILES string of the molecule is Cc1sc(NC(=O)[C@@H]2CC=CC[C@H]2C(=O)O)c(C#N)c1C. The number of hydrogen-bond acceptors (Lipinski definition) is 4. The second-order valence-electron chi connectivity index (χ2n) is 5.08. The van der Waals surface area contributed by atoms with Gasteiger partial charge >= 0.3 is 5.97 Å². The zero-order chi connectivity index (χ0) is 15.6. The van der Waals surface area contributed by atoms with Gasteiger partial charge in [-0.05, 0) is 32.3 Å². The average Bonchev–Trinajstić information content (AvgIpc) is 2.73. The standard InChI is InChI=1S/C15H16N2O3S/c1-8-9(2)21-14(12(8)7-16)17-13(18)10-5-3-4-6-11(10)15(19)20/h3-4,10-11H,5-6H2,1-2H3,(H,17,18)(H,19,20)/t10-,11-/m1/s1. The summed E-state index contributed by atoms with van der Waals surface area (Å²) in [6.45, 7) is 3.73. The van der Waals surface area contributed by atoms with E-state index in [1.807, 2.05) is 19.9 Å². The van der Waals surface area contributed by atoms with Crippen LogP contribution in [0.3, 0.4) is 0 Å². The number of carbonyl (C=O) groups is 2. The van der Waals surface area contributed by atoms with E-state index in [1.54, 1.807) is 6.08 Å². The van der Waals surface area contributed by atoms with E-state index in [1.165, 1.54) is 11.3 Å². The van der Waals surface area contributed by atoms with Crippen molar-refractivity contribution in [3.63, 3.8) is 0 Å². The number of anilines is 1. The smallest absolute Gasteiger partial charge is 0.307 e. The van der Waals surface area contributed by atoms with Crippen molar-refractivity contribution in [1.29, 1.82) is 5.26 Å². The van der Waals surface area contributed by atoms with E-state index >= 15 is 0 Å². The van der Waals surface area contributed by atoms with Crippen LogP contribution in [0.25, 0.3) is 0 Å². The molecular weight excluding hydrogens is 288 g/mol. The second kappa shape index (κ2) is 6.10. The van der Waals surface area contributed by atoms with Crippen LogP contribution in [0.5, 0.6) is 0 Å². The number of nitrogens with zero attached hydrogens (tertiary/aromatic N) is 1. The number of aliphatic carboxylic acids is 1. The molecule has 0 aliphatic heterocycles. The van der Waals surface area contributed by atoms with Gasteiger partial charge in [0, 0.05) is 4.88 Å². The van der Waals surface area contributed by atoms with Crippen LogP contribution in [-0.2, 0) is 9.59 Å². The first-order valence-electron chi connectivity index (χ1n) is 6.64. The Morgan fingerprint density at radius 3 is 2.52 bits per heavy atom. The van der Waals surface area contributed by atoms with Gasteiger partial charge in [-0.25, -0.2) is 0 Å². The third kappa shape index (κ3) is 2.98. The fourth-order valence-corrected chi connectivity index (χ4v) is 3.44. The second-order valence-corrected chi connectivity index (χ2v) is 6.31. The highest BCUT2D eigenvalue weighted by Crippen LogP contribution is 2.33. The molecule has 0 saturated heterocycles. The molecule has 0 spiro atoms. The summed E-state index contributed by atoms with van der Waals surface area (Å²) in [7, 11) is 0. The van der Waals surface area contributed by atoms with Crippen LogP contribution in [0.15, 0.2) is 12.2 Å². The van der Waals surface area contributed by atoms with Crippen molar-refractivity contribution in [2.45, 2.75) is 26.7 Å². The van der Waals surface area contributed by atoms with Gasteiger partial charge < -0.3 is 10.4 Å². The lowest BCUT2D eigenvalue weighted by Crippen LogP contribution is -2.34. The van der Waals surface area contributed by atoms with Gasteiger partial charge in [-0.2, -0.15) is 5.26 Å². The maximum absolute atomic E-state index is 12.4. The average molecular weight is 304 g/mol. The predicted molar refractivity (Wildman–Crippen MR) is 80.1 cm³/mol. The van der Waals surface area contributed by atoms with Crippen molar-refractivity contribution < 1.29 is 14.7 Å². The molecule has 0 aromatic carbocycles. The van der Waals surface area contributed by atoms with Crippen LogP contribution in [0, 0.1) is 37.0 Å². The lowest BCUT2D eigenvalue weighted by molar-refractivity contribution is -0.146. The zero-order valence-corrected chi connectivity index (χ0v) is 12.7. The number of amides is 1. The van der Waals surface area contributed by atoms with Gasteiger partial charge in [0.1, 0.15) is 11.1 Å². The Bertz CT molecular complexity index is 655. The third-order valence-corrected chi connectivity index (χ3v) is 4.94. The number of carboxylic acid groups (broad SMARTS) is 1. The summed E-state index contributed by atoms with van der Waals surface area (Å²) in [5, 5.41) is 21.6. The summed E-state index contributed by atoms with van der Waals surface area (Å²) in [5.74, 6) is -2.59. The quantitative estimate of drug-likeness (QED) is 0.840. The van der Waals surface area contributed by atoms with Gasteiger partial charge in [0.15, 0.2) is 0 Å². The predicted octanol–water partition coefficient (Wildman–Crippen LogP) is 2.84. The van der Waals surface area contributed by atoms with E-state index in [0.29, 0.717) is 23.4 Å². The number of allylic oxidation sites excluding steroid dienone is 2. The van der Waals surface area contributed by atoms with Crippen molar-refractivity contribution in [2.75, 3.05) is 5.32 Å². The van der Waals surface area contributed by atoms with Crippen molar-refractivity contribution in [3.8, 4) is 6.07 Å². The molecule has 1 amide bonds. The van der Waals surface area contributed by atoms with E-state index < -0.39 is 17.8 Å². The summed E-state index contributed by atoms with van der Waals surface area (Å²) in [4.78, 5) is 24.6. The number of aryl methyl sites for hydroxylation is 1. The van der Waals surface area contributed by atoms with E-state index in [2.05, 4.69) is 11.4 Å². The largest absolute Gasteiger partial charge is 0.481 e. The first-order chi connectivity index (χ1) is 9.95. The maximum Gasteiger partial charge on any atom is 0.307 e. The number of carbonyl (C=O) groups excluding carboxylic acids is 1. The molecule has 1 aromatic rings. The number of rotatable bonds is 3. The highest BCUT2D eigenvalue weighted by atomic mass is 32.1. The van der Waals surface area contributed by atoms with E-state index in [-0.39, 0.29) is 5.91 Å². The van der Waals surface area contributed by atoms with Gasteiger partial charge in [-0.3, -0.25) is 9.59 Å². The van der Waals surface area contributed by atoms with Crippen LogP contribution in [-0.4, -0.2) is 17.0 Å². The van der Waals surface area contributed by atoms with Crippen molar-refractivity contribution in [1.82, 2.24) is 0 Å². The molecule has 0 fully saturated rings. The number of nitriles is 1. The Morgan fingerprint density at radius 1 is 1.33 bits per heavy atom. The molecule has 0 bridgehead atoms. The first-order valence-corrected chi connectivity index (χ1v) is 7.46.